The molecule has 2 bridgehead atoms. The zero-order valence-corrected chi connectivity index (χ0v) is 41.0. The molecule has 0 unspecified atom stereocenters. The number of ether oxygens (including phenoxy) is 1. The maximum Gasteiger partial charge on any atom is 0.329 e. The van der Waals surface area contributed by atoms with E-state index in [-0.39, 0.29) is 31.4 Å². The molecule has 2 aromatic rings. The second-order valence-corrected chi connectivity index (χ2v) is 18.7. The molecule has 2 aliphatic rings. The number of nitrogens with zero attached hydrogens (tertiary/aromatic N) is 2. The Morgan fingerprint density at radius 1 is 0.800 bits per heavy atom. The summed E-state index contributed by atoms with van der Waals surface area (Å²) in [4.78, 5) is 129. The van der Waals surface area contributed by atoms with Crippen LogP contribution in [-0.2, 0) is 60.7 Å². The average Bonchev–Trinajstić information content (AvgIpc) is 3.31. The van der Waals surface area contributed by atoms with E-state index in [2.05, 4.69) is 26.6 Å². The number of primary amides is 1. The van der Waals surface area contributed by atoms with E-state index in [4.69, 9.17) is 10.5 Å². The highest BCUT2D eigenvalue weighted by Crippen LogP contribution is 2.28. The molecular formula is C49H70N8O13. The van der Waals surface area contributed by atoms with E-state index in [0.29, 0.717) is 24.0 Å². The molecule has 21 nitrogen and oxygen atoms in total. The molecule has 70 heavy (non-hydrogen) atoms. The summed E-state index contributed by atoms with van der Waals surface area (Å²) in [5.74, 6) is -10.5. The van der Waals surface area contributed by atoms with Crippen LogP contribution in [0.5, 0.6) is 5.75 Å². The summed E-state index contributed by atoms with van der Waals surface area (Å²) >= 11 is 0. The number of aromatic hydroxyl groups is 1. The topological polar surface area (TPSA) is 316 Å². The third-order valence-electron chi connectivity index (χ3n) is 13.1. The van der Waals surface area contributed by atoms with Crippen molar-refractivity contribution < 1.29 is 63.2 Å². The number of phenolic OH excluding ortho intramolecular Hbond substituents is 1. The Labute approximate surface area is 408 Å². The molecule has 0 radical (unpaired) electrons. The van der Waals surface area contributed by atoms with E-state index >= 15 is 0 Å². The van der Waals surface area contributed by atoms with Gasteiger partial charge in [-0.25, -0.2) is 4.79 Å². The van der Waals surface area contributed by atoms with Gasteiger partial charge >= 0.3 is 5.97 Å². The summed E-state index contributed by atoms with van der Waals surface area (Å²) < 4.78 is 5.85. The van der Waals surface area contributed by atoms with Gasteiger partial charge < -0.3 is 62.2 Å². The molecule has 12 atom stereocenters. The number of hydrogen-bond donors (Lipinski definition) is 9. The van der Waals surface area contributed by atoms with Gasteiger partial charge in [-0.2, -0.15) is 0 Å². The number of fused-ring (bicyclic) bond motifs is 2. The van der Waals surface area contributed by atoms with Crippen LogP contribution in [0.15, 0.2) is 54.6 Å². The molecule has 384 valence electrons. The van der Waals surface area contributed by atoms with Gasteiger partial charge in [0, 0.05) is 19.9 Å². The van der Waals surface area contributed by atoms with Crippen molar-refractivity contribution in [1.29, 1.82) is 0 Å². The number of phenols is 1. The summed E-state index contributed by atoms with van der Waals surface area (Å²) in [7, 11) is 1.39. The van der Waals surface area contributed by atoms with Gasteiger partial charge in [-0.1, -0.05) is 96.8 Å². The van der Waals surface area contributed by atoms with Crippen molar-refractivity contribution >= 4 is 53.2 Å². The summed E-state index contributed by atoms with van der Waals surface area (Å²) in [5, 5.41) is 44.5. The smallest absolute Gasteiger partial charge is 0.329 e. The first-order valence-corrected chi connectivity index (χ1v) is 23.8. The lowest BCUT2D eigenvalue weighted by atomic mass is 9.90. The molecule has 8 amide bonds. The van der Waals surface area contributed by atoms with Crippen molar-refractivity contribution in [3.05, 3.63) is 65.7 Å². The zero-order chi connectivity index (χ0) is 52.1. The minimum atomic E-state index is -1.87. The fraction of sp³-hybridized carbons (Fsp3) is 0.571. The molecular weight excluding hydrogens is 909 g/mol. The number of cyclic esters (lactones) is 1. The molecule has 21 heteroatoms. The fourth-order valence-electron chi connectivity index (χ4n) is 8.38. The lowest BCUT2D eigenvalue weighted by molar-refractivity contribution is -0.168. The van der Waals surface area contributed by atoms with Crippen LogP contribution in [0.1, 0.15) is 91.7 Å². The first kappa shape index (κ1) is 56.0. The number of hydrogen-bond acceptors (Lipinski definition) is 13. The van der Waals surface area contributed by atoms with Crippen LogP contribution in [-0.4, -0.2) is 146 Å². The molecule has 4 rings (SSSR count). The summed E-state index contributed by atoms with van der Waals surface area (Å²) in [6, 6.07) is 4.00. The van der Waals surface area contributed by atoms with Crippen molar-refractivity contribution in [2.45, 2.75) is 154 Å². The number of piperidine rings is 1. The predicted molar refractivity (Wildman–Crippen MR) is 253 cm³/mol. The number of nitrogens with one attached hydrogen (secondary N) is 5. The second kappa shape index (κ2) is 25.3. The highest BCUT2D eigenvalue weighted by atomic mass is 16.5. The Morgan fingerprint density at radius 3 is 2.00 bits per heavy atom. The number of nitrogens with two attached hydrogens (primary N) is 1. The van der Waals surface area contributed by atoms with Crippen LogP contribution in [0.4, 0.5) is 0 Å². The van der Waals surface area contributed by atoms with Crippen LogP contribution in [0.3, 0.4) is 0 Å². The largest absolute Gasteiger partial charge is 0.508 e. The lowest BCUT2D eigenvalue weighted by Gasteiger charge is -2.44. The molecule has 2 heterocycles. The molecule has 0 aromatic heterocycles. The predicted octanol–water partition coefficient (Wildman–Crippen LogP) is -0.332. The van der Waals surface area contributed by atoms with Crippen molar-refractivity contribution in [1.82, 2.24) is 36.4 Å². The number of benzene rings is 2. The van der Waals surface area contributed by atoms with Gasteiger partial charge in [0.25, 0.3) is 0 Å². The normalized spacial score (nSPS) is 25.9. The lowest BCUT2D eigenvalue weighted by Crippen LogP contribution is -2.66. The first-order chi connectivity index (χ1) is 33.0. The number of carbonyl (C=O) groups is 9. The van der Waals surface area contributed by atoms with E-state index in [1.54, 1.807) is 71.9 Å². The highest BCUT2D eigenvalue weighted by Gasteiger charge is 2.47. The summed E-state index contributed by atoms with van der Waals surface area (Å²) in [5.41, 5.74) is 6.55. The van der Waals surface area contributed by atoms with Gasteiger partial charge in [-0.3, -0.25) is 38.4 Å². The number of amides is 8. The Balaban J connectivity index is 1.81. The van der Waals surface area contributed by atoms with Crippen LogP contribution in [0, 0.1) is 17.8 Å². The zero-order valence-electron chi connectivity index (χ0n) is 41.0. The minimum absolute atomic E-state index is 0.0431. The number of carbonyl (C=O) groups excluding carboxylic acids is 9. The van der Waals surface area contributed by atoms with Gasteiger partial charge in [0.15, 0.2) is 0 Å². The quantitative estimate of drug-likeness (QED) is 0.103. The number of esters is 1. The van der Waals surface area contributed by atoms with Crippen molar-refractivity contribution in [3.8, 4) is 5.75 Å². The minimum Gasteiger partial charge on any atom is -0.508 e. The van der Waals surface area contributed by atoms with Crippen LogP contribution in [0.25, 0.3) is 0 Å². The van der Waals surface area contributed by atoms with Gasteiger partial charge in [0.2, 0.25) is 47.3 Å². The highest BCUT2D eigenvalue weighted by molar-refractivity contribution is 5.99. The van der Waals surface area contributed by atoms with Crippen molar-refractivity contribution in [2.24, 2.45) is 23.5 Å². The van der Waals surface area contributed by atoms with Gasteiger partial charge in [0.1, 0.15) is 66.5 Å². The van der Waals surface area contributed by atoms with Gasteiger partial charge in [0.05, 0.1) is 6.42 Å². The molecule has 2 saturated heterocycles. The number of rotatable bonds is 15. The molecule has 0 aliphatic carbocycles. The molecule has 0 spiro atoms. The maximum absolute atomic E-state index is 14.8. The Bertz CT molecular complexity index is 2190. The maximum atomic E-state index is 14.8. The van der Waals surface area contributed by atoms with Crippen molar-refractivity contribution in [3.63, 3.8) is 0 Å². The number of likely N-dealkylation sites (N-methyl/N-ethyl adjacent to an activating group) is 1. The van der Waals surface area contributed by atoms with Crippen LogP contribution >= 0.6 is 0 Å². The molecule has 2 aromatic carbocycles. The second-order valence-electron chi connectivity index (χ2n) is 18.7. The van der Waals surface area contributed by atoms with E-state index in [0.717, 1.165) is 4.90 Å². The first-order valence-electron chi connectivity index (χ1n) is 23.8. The molecule has 2 fully saturated rings. The van der Waals surface area contributed by atoms with E-state index < -0.39 is 138 Å². The van der Waals surface area contributed by atoms with E-state index in [1.165, 1.54) is 43.1 Å². The average molecular weight is 979 g/mol. The van der Waals surface area contributed by atoms with Crippen molar-refractivity contribution in [2.75, 3.05) is 7.05 Å². The summed E-state index contributed by atoms with van der Waals surface area (Å²) in [6.07, 6.45) is -5.35. The Morgan fingerprint density at radius 2 is 1.41 bits per heavy atom. The Hall–Kier alpha value is -6.61. The molecule has 2 aliphatic heterocycles. The van der Waals surface area contributed by atoms with E-state index in [9.17, 15) is 58.5 Å². The van der Waals surface area contributed by atoms with Crippen LogP contribution < -0.4 is 32.3 Å². The number of aliphatic hydroxyl groups is 2. The van der Waals surface area contributed by atoms with Crippen LogP contribution in [0.2, 0.25) is 0 Å². The Kier molecular flexibility index (Phi) is 20.2. The summed E-state index contributed by atoms with van der Waals surface area (Å²) in [6.45, 7) is 11.4. The number of aliphatic hydroxyl groups excluding tert-OH is 2. The molecule has 10 N–H and O–H groups in total. The third kappa shape index (κ3) is 14.5. The van der Waals surface area contributed by atoms with E-state index in [1.807, 2.05) is 0 Å². The third-order valence-corrected chi connectivity index (χ3v) is 13.1. The fourth-order valence-corrected chi connectivity index (χ4v) is 8.38. The standard InChI is InChI=1S/C49H70N8O13/c1-9-26(5)39-45(65)51-32-20-21-37(61)57(47(32)67)41(27(6)10-2)48(68)56(8)34(22-29-14-12-11-13-15-29)43(63)53-38(25(3)4)49(69)70-28(7)40(46(66)54-39)55-42(62)33(24-36(50)60)52-44(64)35(59)23-30-16-18-31(58)19-17-30/h11-19,25-28,32-35,37-41,58-59,61H,9-10,20-24H2,1-8H3,(H2,50,60)(H,51,65)(H,52,64)(H,53,63)(H,54,66)(H,55,62)/t26-,27-,28+,32-,33-,34-,35+,37+,38-,39-,40-,41-/m0/s1. The SMILES string of the molecule is CC[C@H](C)[C@@H]1NC(=O)[C@@H](NC(=O)[C@H](CC(N)=O)NC(=O)[C@H](O)Cc2ccc(O)cc2)[C@@H](C)OC(=O)[C@H](C(C)C)NC(=O)[C@H](Cc2ccccc2)N(C)C(=O)[C@H]([C@@H](C)CC)N2C(=O)[C@H](CC[C@H]2O)NC1=O. The monoisotopic (exact) mass is 979 g/mol. The molecule has 0 saturated carbocycles. The van der Waals surface area contributed by atoms with Gasteiger partial charge in [-0.05, 0) is 60.8 Å². The van der Waals surface area contributed by atoms with Gasteiger partial charge in [-0.15, -0.1) is 0 Å².